The molecule has 1 aliphatic heterocycles. The number of hydrogen-bond donors (Lipinski definition) is 1. The van der Waals surface area contributed by atoms with Crippen LogP contribution in [0.4, 0.5) is 5.69 Å². The van der Waals surface area contributed by atoms with Crippen LogP contribution in [0.5, 0.6) is 11.5 Å². The quantitative estimate of drug-likeness (QED) is 0.586. The number of carbonyl (C=O) groups excluding carboxylic acids is 1. The lowest BCUT2D eigenvalue weighted by atomic mass is 10.2. The summed E-state index contributed by atoms with van der Waals surface area (Å²) >= 11 is 0. The van der Waals surface area contributed by atoms with Gasteiger partial charge in [-0.05, 0) is 49.2 Å². The number of nitrogens with one attached hydrogen (secondary N) is 1. The van der Waals surface area contributed by atoms with Crippen LogP contribution in [0.3, 0.4) is 0 Å². The van der Waals surface area contributed by atoms with E-state index in [1.807, 2.05) is 0 Å². The highest BCUT2D eigenvalue weighted by Crippen LogP contribution is 2.29. The molecule has 1 amide bonds. The summed E-state index contributed by atoms with van der Waals surface area (Å²) in [5, 5.41) is 2.77. The van der Waals surface area contributed by atoms with Gasteiger partial charge in [-0.25, -0.2) is 13.4 Å². The Kier molecular flexibility index (Phi) is 6.15. The van der Waals surface area contributed by atoms with Crippen LogP contribution in [0.2, 0.25) is 0 Å². The van der Waals surface area contributed by atoms with Crippen molar-refractivity contribution < 1.29 is 22.7 Å². The van der Waals surface area contributed by atoms with Crippen LogP contribution in [0, 0.1) is 0 Å². The van der Waals surface area contributed by atoms with Crippen molar-refractivity contribution in [2.45, 2.75) is 17.7 Å². The summed E-state index contributed by atoms with van der Waals surface area (Å²) < 4.78 is 39.0. The molecule has 2 aromatic carbocycles. The first-order valence-corrected chi connectivity index (χ1v) is 11.5. The van der Waals surface area contributed by atoms with Crippen molar-refractivity contribution in [3.05, 3.63) is 60.7 Å². The van der Waals surface area contributed by atoms with Crippen molar-refractivity contribution in [3.63, 3.8) is 0 Å². The number of ether oxygens (including phenoxy) is 2. The van der Waals surface area contributed by atoms with E-state index in [1.54, 1.807) is 60.3 Å². The third-order valence-corrected chi connectivity index (χ3v) is 7.22. The van der Waals surface area contributed by atoms with Crippen molar-refractivity contribution in [1.29, 1.82) is 0 Å². The van der Waals surface area contributed by atoms with Gasteiger partial charge in [0.05, 0.1) is 24.8 Å². The Bertz CT molecular complexity index is 1220. The Morgan fingerprint density at radius 2 is 1.75 bits per heavy atom. The van der Waals surface area contributed by atoms with Gasteiger partial charge in [-0.1, -0.05) is 0 Å². The molecule has 0 saturated carbocycles. The van der Waals surface area contributed by atoms with Gasteiger partial charge >= 0.3 is 0 Å². The zero-order valence-corrected chi connectivity index (χ0v) is 18.6. The highest BCUT2D eigenvalue weighted by Gasteiger charge is 2.27. The second-order valence-corrected chi connectivity index (χ2v) is 9.23. The summed E-state index contributed by atoms with van der Waals surface area (Å²) in [5.74, 6) is 0.673. The number of nitrogens with zero attached hydrogens (tertiary/aromatic N) is 3. The van der Waals surface area contributed by atoms with Gasteiger partial charge in [0.15, 0.2) is 0 Å². The maximum atomic E-state index is 12.7. The summed E-state index contributed by atoms with van der Waals surface area (Å²) in [7, 11) is -0.412. The molecule has 1 fully saturated rings. The second kappa shape index (κ2) is 9.01. The second-order valence-electron chi connectivity index (χ2n) is 7.29. The summed E-state index contributed by atoms with van der Waals surface area (Å²) in [6, 6.07) is 11.6. The molecule has 0 radical (unpaired) electrons. The van der Waals surface area contributed by atoms with E-state index in [-0.39, 0.29) is 10.6 Å². The topological polar surface area (TPSA) is 103 Å². The number of anilines is 1. The van der Waals surface area contributed by atoms with Crippen molar-refractivity contribution in [1.82, 2.24) is 13.9 Å². The van der Waals surface area contributed by atoms with Crippen LogP contribution in [-0.4, -0.2) is 55.5 Å². The zero-order valence-electron chi connectivity index (χ0n) is 17.8. The number of imidazole rings is 1. The molecule has 0 spiro atoms. The third-order valence-electron chi connectivity index (χ3n) is 5.31. The first-order chi connectivity index (χ1) is 15.4. The monoisotopic (exact) mass is 456 g/mol. The van der Waals surface area contributed by atoms with Gasteiger partial charge in [0.25, 0.3) is 5.91 Å². The van der Waals surface area contributed by atoms with Gasteiger partial charge in [-0.3, -0.25) is 4.79 Å². The molecule has 32 heavy (non-hydrogen) atoms. The van der Waals surface area contributed by atoms with Gasteiger partial charge in [0, 0.05) is 31.0 Å². The highest BCUT2D eigenvalue weighted by molar-refractivity contribution is 7.89. The highest BCUT2D eigenvalue weighted by atomic mass is 32.2. The molecule has 4 rings (SSSR count). The lowest BCUT2D eigenvalue weighted by Gasteiger charge is -2.15. The Hall–Kier alpha value is -3.37. The molecular weight excluding hydrogens is 432 g/mol. The van der Waals surface area contributed by atoms with E-state index in [0.29, 0.717) is 36.0 Å². The van der Waals surface area contributed by atoms with Crippen LogP contribution >= 0.6 is 0 Å². The van der Waals surface area contributed by atoms with Crippen LogP contribution in [-0.2, 0) is 10.0 Å². The van der Waals surface area contributed by atoms with Gasteiger partial charge in [0.1, 0.15) is 23.5 Å². The molecule has 1 N–H and O–H groups in total. The molecular formula is C22H24N4O5S. The Morgan fingerprint density at radius 3 is 2.41 bits per heavy atom. The van der Waals surface area contributed by atoms with Crippen LogP contribution < -0.4 is 14.8 Å². The van der Waals surface area contributed by atoms with Gasteiger partial charge in [0.2, 0.25) is 10.0 Å². The summed E-state index contributed by atoms with van der Waals surface area (Å²) in [6.07, 6.45) is 4.86. The first kappa shape index (κ1) is 21.8. The largest absolute Gasteiger partial charge is 0.497 e. The number of amides is 1. The standard InChI is InChI=1S/C22H24N4O5S/c1-30-17-7-10-19(21(13-17)31-2)24-22(27)20-14-25(15-23-20)16-5-8-18(9-6-16)32(28,29)26-11-3-4-12-26/h5-10,13-15H,3-4,11-12H2,1-2H3,(H,24,27). The fourth-order valence-corrected chi connectivity index (χ4v) is 5.05. The van der Waals surface area contributed by atoms with Gasteiger partial charge in [-0.2, -0.15) is 4.31 Å². The smallest absolute Gasteiger partial charge is 0.275 e. The predicted octanol–water partition coefficient (Wildman–Crippen LogP) is 2.93. The number of carbonyl (C=O) groups is 1. The number of sulfonamides is 1. The molecule has 168 valence electrons. The lowest BCUT2D eigenvalue weighted by Crippen LogP contribution is -2.27. The molecule has 0 atom stereocenters. The molecule has 0 bridgehead atoms. The van der Waals surface area contributed by atoms with Crippen molar-refractivity contribution in [2.75, 3.05) is 32.6 Å². The van der Waals surface area contributed by atoms with Crippen LogP contribution in [0.25, 0.3) is 5.69 Å². The predicted molar refractivity (Wildman–Crippen MR) is 119 cm³/mol. The van der Waals surface area contributed by atoms with Gasteiger partial charge in [-0.15, -0.1) is 0 Å². The van der Waals surface area contributed by atoms with Crippen molar-refractivity contribution >= 4 is 21.6 Å². The number of aromatic nitrogens is 2. The van der Waals surface area contributed by atoms with E-state index in [4.69, 9.17) is 9.47 Å². The average Bonchev–Trinajstić information content (AvgIpc) is 3.52. The molecule has 3 aromatic rings. The van der Waals surface area contributed by atoms with E-state index in [0.717, 1.165) is 12.8 Å². The average molecular weight is 457 g/mol. The molecule has 0 aliphatic carbocycles. The van der Waals surface area contributed by atoms with Crippen molar-refractivity contribution in [3.8, 4) is 17.2 Å². The Morgan fingerprint density at radius 1 is 1.03 bits per heavy atom. The fraction of sp³-hybridized carbons (Fsp3) is 0.273. The summed E-state index contributed by atoms with van der Waals surface area (Å²) in [4.78, 5) is 17.1. The fourth-order valence-electron chi connectivity index (χ4n) is 3.54. The van der Waals surface area contributed by atoms with Crippen LogP contribution in [0.1, 0.15) is 23.3 Å². The van der Waals surface area contributed by atoms with Crippen molar-refractivity contribution in [2.24, 2.45) is 0 Å². The lowest BCUT2D eigenvalue weighted by molar-refractivity contribution is 0.102. The maximum absolute atomic E-state index is 12.7. The maximum Gasteiger partial charge on any atom is 0.275 e. The zero-order chi connectivity index (χ0) is 22.7. The molecule has 1 aromatic heterocycles. The van der Waals surface area contributed by atoms with E-state index >= 15 is 0 Å². The minimum atomic E-state index is -3.47. The molecule has 0 unspecified atom stereocenters. The van der Waals surface area contributed by atoms with Gasteiger partial charge < -0.3 is 19.4 Å². The minimum Gasteiger partial charge on any atom is -0.497 e. The molecule has 1 saturated heterocycles. The molecule has 1 aliphatic rings. The molecule has 10 heteroatoms. The van der Waals surface area contributed by atoms with E-state index in [1.165, 1.54) is 17.7 Å². The number of benzene rings is 2. The molecule has 9 nitrogen and oxygen atoms in total. The molecule has 2 heterocycles. The number of methoxy groups -OCH3 is 2. The third kappa shape index (κ3) is 4.32. The Balaban J connectivity index is 1.49. The normalized spacial score (nSPS) is 14.3. The van der Waals surface area contributed by atoms with Crippen LogP contribution in [0.15, 0.2) is 59.9 Å². The summed E-state index contributed by atoms with van der Waals surface area (Å²) in [5.41, 5.74) is 1.39. The number of rotatable bonds is 7. The SMILES string of the molecule is COc1ccc(NC(=O)c2cn(-c3ccc(S(=O)(=O)N4CCCC4)cc3)cn2)c(OC)c1. The number of hydrogen-bond acceptors (Lipinski definition) is 6. The Labute approximate surface area is 186 Å². The first-order valence-electron chi connectivity index (χ1n) is 10.1. The van der Waals surface area contributed by atoms with E-state index in [2.05, 4.69) is 10.3 Å². The summed E-state index contributed by atoms with van der Waals surface area (Å²) in [6.45, 7) is 1.12. The minimum absolute atomic E-state index is 0.205. The van der Waals surface area contributed by atoms with E-state index in [9.17, 15) is 13.2 Å². The van der Waals surface area contributed by atoms with E-state index < -0.39 is 15.9 Å².